The minimum Gasteiger partial charge on any atom is -0.215 e. The highest BCUT2D eigenvalue weighted by Crippen LogP contribution is 2.02. The zero-order chi connectivity index (χ0) is 14.3. The van der Waals surface area contributed by atoms with Crippen molar-refractivity contribution in [1.29, 1.82) is 0 Å². The van der Waals surface area contributed by atoms with Crippen LogP contribution in [0, 0.1) is 0 Å². The van der Waals surface area contributed by atoms with Crippen LogP contribution in [0.2, 0.25) is 0 Å². The lowest BCUT2D eigenvalue weighted by Crippen LogP contribution is -2.29. The van der Waals surface area contributed by atoms with Crippen LogP contribution in [-0.2, 0) is 22.9 Å². The summed E-state index contributed by atoms with van der Waals surface area (Å²) in [6.07, 6.45) is 1.26. The minimum absolute atomic E-state index is 0.131. The Balaban J connectivity index is 1.77. The third kappa shape index (κ3) is 5.15. The second-order valence-corrected chi connectivity index (χ2v) is 6.61. The summed E-state index contributed by atoms with van der Waals surface area (Å²) >= 11 is 0. The Hall–Kier alpha value is -1.65. The second kappa shape index (κ2) is 7.22. The summed E-state index contributed by atoms with van der Waals surface area (Å²) in [5.74, 6) is 0.131. The number of rotatable bonds is 7. The van der Waals surface area contributed by atoms with Crippen LogP contribution in [0.4, 0.5) is 0 Å². The zero-order valence-corrected chi connectivity index (χ0v) is 12.1. The van der Waals surface area contributed by atoms with E-state index >= 15 is 0 Å². The summed E-state index contributed by atoms with van der Waals surface area (Å²) in [6, 6.07) is 19.5. The molecule has 0 atom stereocenters. The van der Waals surface area contributed by atoms with E-state index in [1.807, 2.05) is 60.7 Å². The van der Waals surface area contributed by atoms with Crippen molar-refractivity contribution in [3.8, 4) is 0 Å². The van der Waals surface area contributed by atoms with Gasteiger partial charge in [0.1, 0.15) is 0 Å². The number of nitrogens with one attached hydrogen (secondary N) is 1. The van der Waals surface area contributed by atoms with Gasteiger partial charge >= 0.3 is 0 Å². The summed E-state index contributed by atoms with van der Waals surface area (Å²) in [6.45, 7) is 0.446. The second-order valence-electron chi connectivity index (χ2n) is 4.68. The highest BCUT2D eigenvalue weighted by atomic mass is 32.2. The molecule has 2 aromatic carbocycles. The van der Waals surface area contributed by atoms with Crippen molar-refractivity contribution in [3.63, 3.8) is 0 Å². The van der Waals surface area contributed by atoms with Gasteiger partial charge in [0.15, 0.2) is 0 Å². The molecule has 0 spiro atoms. The normalized spacial score (nSPS) is 11.4. The Morgan fingerprint density at radius 3 is 1.80 bits per heavy atom. The smallest absolute Gasteiger partial charge is 0.211 e. The summed E-state index contributed by atoms with van der Waals surface area (Å²) in [5, 5.41) is 0. The molecule has 0 aliphatic carbocycles. The standard InChI is InChI=1S/C16H19NO2S/c18-20(19,14-12-16-9-5-2-6-10-16)17-13-11-15-7-3-1-4-8-15/h1-10,17H,11-14H2. The molecular formula is C16H19NO2S. The first kappa shape index (κ1) is 14.8. The van der Waals surface area contributed by atoms with Gasteiger partial charge in [0.2, 0.25) is 10.0 Å². The highest BCUT2D eigenvalue weighted by molar-refractivity contribution is 7.89. The van der Waals surface area contributed by atoms with Crippen LogP contribution >= 0.6 is 0 Å². The molecule has 106 valence electrons. The Morgan fingerprint density at radius 1 is 0.750 bits per heavy atom. The van der Waals surface area contributed by atoms with Crippen LogP contribution in [0.3, 0.4) is 0 Å². The van der Waals surface area contributed by atoms with Gasteiger partial charge in [-0.3, -0.25) is 0 Å². The van der Waals surface area contributed by atoms with E-state index in [1.54, 1.807) is 0 Å². The highest BCUT2D eigenvalue weighted by Gasteiger charge is 2.09. The Kier molecular flexibility index (Phi) is 5.32. The van der Waals surface area contributed by atoms with Crippen molar-refractivity contribution in [1.82, 2.24) is 4.72 Å². The lowest BCUT2D eigenvalue weighted by molar-refractivity contribution is 0.581. The molecule has 0 aliphatic heterocycles. The van der Waals surface area contributed by atoms with E-state index in [-0.39, 0.29) is 5.75 Å². The van der Waals surface area contributed by atoms with Crippen molar-refractivity contribution in [2.45, 2.75) is 12.8 Å². The van der Waals surface area contributed by atoms with Crippen molar-refractivity contribution < 1.29 is 8.42 Å². The quantitative estimate of drug-likeness (QED) is 0.850. The third-order valence-electron chi connectivity index (χ3n) is 3.08. The molecule has 3 nitrogen and oxygen atoms in total. The predicted molar refractivity (Wildman–Crippen MR) is 82.1 cm³/mol. The molecule has 0 saturated carbocycles. The molecule has 0 bridgehead atoms. The maximum atomic E-state index is 11.9. The average molecular weight is 289 g/mol. The van der Waals surface area contributed by atoms with Gasteiger partial charge in [0.05, 0.1) is 5.75 Å². The van der Waals surface area contributed by atoms with E-state index in [0.29, 0.717) is 19.4 Å². The van der Waals surface area contributed by atoms with Gasteiger partial charge in [0.25, 0.3) is 0 Å². The molecule has 0 heterocycles. The van der Waals surface area contributed by atoms with Gasteiger partial charge in [-0.15, -0.1) is 0 Å². The van der Waals surface area contributed by atoms with Crippen molar-refractivity contribution >= 4 is 10.0 Å². The molecule has 0 aromatic heterocycles. The summed E-state index contributed by atoms with van der Waals surface area (Å²) in [4.78, 5) is 0. The first-order valence-electron chi connectivity index (χ1n) is 6.71. The van der Waals surface area contributed by atoms with Gasteiger partial charge in [-0.25, -0.2) is 13.1 Å². The van der Waals surface area contributed by atoms with Gasteiger partial charge in [-0.2, -0.15) is 0 Å². The molecular weight excluding hydrogens is 270 g/mol. The fraction of sp³-hybridized carbons (Fsp3) is 0.250. The van der Waals surface area contributed by atoms with Gasteiger partial charge in [0, 0.05) is 6.54 Å². The van der Waals surface area contributed by atoms with E-state index in [9.17, 15) is 8.42 Å². The average Bonchev–Trinajstić information content (AvgIpc) is 2.47. The number of sulfonamides is 1. The molecule has 20 heavy (non-hydrogen) atoms. The summed E-state index contributed by atoms with van der Waals surface area (Å²) < 4.78 is 26.4. The molecule has 0 radical (unpaired) electrons. The molecule has 2 rings (SSSR count). The fourth-order valence-electron chi connectivity index (χ4n) is 1.96. The molecule has 0 fully saturated rings. The van der Waals surface area contributed by atoms with Gasteiger partial charge in [-0.05, 0) is 24.0 Å². The maximum Gasteiger partial charge on any atom is 0.211 e. The molecule has 1 N–H and O–H groups in total. The fourth-order valence-corrected chi connectivity index (χ4v) is 3.03. The lowest BCUT2D eigenvalue weighted by atomic mass is 10.2. The van der Waals surface area contributed by atoms with Crippen LogP contribution in [0.25, 0.3) is 0 Å². The van der Waals surface area contributed by atoms with Crippen molar-refractivity contribution in [3.05, 3.63) is 71.8 Å². The zero-order valence-electron chi connectivity index (χ0n) is 11.3. The molecule has 0 unspecified atom stereocenters. The predicted octanol–water partition coefficient (Wildman–Crippen LogP) is 2.39. The van der Waals surface area contributed by atoms with E-state index in [1.165, 1.54) is 0 Å². The number of hydrogen-bond acceptors (Lipinski definition) is 2. The molecule has 0 aliphatic rings. The van der Waals surface area contributed by atoms with Crippen LogP contribution in [0.15, 0.2) is 60.7 Å². The number of hydrogen-bond donors (Lipinski definition) is 1. The van der Waals surface area contributed by atoms with E-state index in [0.717, 1.165) is 11.1 Å². The Morgan fingerprint density at radius 2 is 1.25 bits per heavy atom. The van der Waals surface area contributed by atoms with Crippen LogP contribution in [0.1, 0.15) is 11.1 Å². The Labute approximate surface area is 120 Å². The minimum atomic E-state index is -3.20. The van der Waals surface area contributed by atoms with Crippen molar-refractivity contribution in [2.24, 2.45) is 0 Å². The SMILES string of the molecule is O=S(=O)(CCc1ccccc1)NCCc1ccccc1. The maximum absolute atomic E-state index is 11.9. The number of aryl methyl sites for hydroxylation is 1. The largest absolute Gasteiger partial charge is 0.215 e. The summed E-state index contributed by atoms with van der Waals surface area (Å²) in [7, 11) is -3.20. The van der Waals surface area contributed by atoms with Crippen LogP contribution < -0.4 is 4.72 Å². The lowest BCUT2D eigenvalue weighted by Gasteiger charge is -2.07. The van der Waals surface area contributed by atoms with Crippen molar-refractivity contribution in [2.75, 3.05) is 12.3 Å². The molecule has 0 amide bonds. The molecule has 2 aromatic rings. The third-order valence-corrected chi connectivity index (χ3v) is 4.47. The van der Waals surface area contributed by atoms with E-state index in [2.05, 4.69) is 4.72 Å². The van der Waals surface area contributed by atoms with E-state index < -0.39 is 10.0 Å². The summed E-state index contributed by atoms with van der Waals surface area (Å²) in [5.41, 5.74) is 2.18. The monoisotopic (exact) mass is 289 g/mol. The number of benzene rings is 2. The Bertz CT molecular complexity index is 609. The molecule has 4 heteroatoms. The van der Waals surface area contributed by atoms with Gasteiger partial charge < -0.3 is 0 Å². The van der Waals surface area contributed by atoms with Crippen LogP contribution in [-0.4, -0.2) is 20.7 Å². The first-order valence-corrected chi connectivity index (χ1v) is 8.36. The van der Waals surface area contributed by atoms with E-state index in [4.69, 9.17) is 0 Å². The topological polar surface area (TPSA) is 46.2 Å². The molecule has 0 saturated heterocycles. The van der Waals surface area contributed by atoms with Crippen LogP contribution in [0.5, 0.6) is 0 Å². The van der Waals surface area contributed by atoms with Gasteiger partial charge in [-0.1, -0.05) is 60.7 Å². The first-order chi connectivity index (χ1) is 9.66.